The number of hydrogen-bond donors (Lipinski definition) is 1. The molecule has 3 heteroatoms. The zero-order chi connectivity index (χ0) is 11.5. The van der Waals surface area contributed by atoms with E-state index in [4.69, 9.17) is 16.0 Å². The predicted molar refractivity (Wildman–Crippen MR) is 66.9 cm³/mol. The van der Waals surface area contributed by atoms with Gasteiger partial charge in [-0.25, -0.2) is 0 Å². The lowest BCUT2D eigenvalue weighted by atomic mass is 10.1. The summed E-state index contributed by atoms with van der Waals surface area (Å²) in [4.78, 5) is 0. The number of anilines is 1. The maximum absolute atomic E-state index is 6.08. The van der Waals surface area contributed by atoms with Crippen LogP contribution in [0.5, 0.6) is 0 Å². The van der Waals surface area contributed by atoms with Crippen LogP contribution >= 0.6 is 11.6 Å². The Bertz CT molecular complexity index is 478. The largest absolute Gasteiger partial charge is 0.467 e. The fourth-order valence-electron chi connectivity index (χ4n) is 1.71. The minimum atomic E-state index is 0.106. The number of hydrogen-bond acceptors (Lipinski definition) is 2. The van der Waals surface area contributed by atoms with Crippen molar-refractivity contribution in [1.82, 2.24) is 0 Å². The van der Waals surface area contributed by atoms with E-state index >= 15 is 0 Å². The molecule has 16 heavy (non-hydrogen) atoms. The summed E-state index contributed by atoms with van der Waals surface area (Å²) in [5.74, 6) is 0.944. The minimum absolute atomic E-state index is 0.106. The van der Waals surface area contributed by atoms with Crippen LogP contribution in [0.15, 0.2) is 41.0 Å². The van der Waals surface area contributed by atoms with Crippen LogP contribution in [-0.4, -0.2) is 0 Å². The van der Waals surface area contributed by atoms with E-state index in [-0.39, 0.29) is 6.04 Å². The summed E-state index contributed by atoms with van der Waals surface area (Å²) >= 11 is 6.08. The number of aryl methyl sites for hydroxylation is 1. The first-order valence-corrected chi connectivity index (χ1v) is 5.61. The van der Waals surface area contributed by atoms with Gasteiger partial charge in [0.2, 0.25) is 0 Å². The summed E-state index contributed by atoms with van der Waals surface area (Å²) in [6.07, 6.45) is 1.70. The fourth-order valence-corrected chi connectivity index (χ4v) is 1.90. The highest BCUT2D eigenvalue weighted by molar-refractivity contribution is 6.33. The number of halogens is 1. The molecule has 1 unspecified atom stereocenters. The monoisotopic (exact) mass is 235 g/mol. The lowest BCUT2D eigenvalue weighted by molar-refractivity contribution is 0.487. The second-order valence-corrected chi connectivity index (χ2v) is 4.22. The molecular weight excluding hydrogens is 222 g/mol. The maximum atomic E-state index is 6.08. The Hall–Kier alpha value is -1.41. The normalized spacial score (nSPS) is 12.4. The Balaban J connectivity index is 2.17. The molecule has 0 saturated heterocycles. The van der Waals surface area contributed by atoms with Gasteiger partial charge in [-0.3, -0.25) is 0 Å². The predicted octanol–water partition coefficient (Wildman–Crippen LogP) is 4.41. The average Bonchev–Trinajstić information content (AvgIpc) is 2.68. The first kappa shape index (κ1) is 11.1. The lowest BCUT2D eigenvalue weighted by Gasteiger charge is -2.14. The topological polar surface area (TPSA) is 25.2 Å². The van der Waals surface area contributed by atoms with E-state index < -0.39 is 0 Å². The van der Waals surface area contributed by atoms with Crippen molar-refractivity contribution >= 4 is 17.3 Å². The highest BCUT2D eigenvalue weighted by Crippen LogP contribution is 2.27. The summed E-state index contributed by atoms with van der Waals surface area (Å²) in [5, 5.41) is 4.05. The molecule has 1 N–H and O–H groups in total. The van der Waals surface area contributed by atoms with Gasteiger partial charge in [0.05, 0.1) is 23.0 Å². The third-order valence-corrected chi connectivity index (χ3v) is 2.87. The van der Waals surface area contributed by atoms with Crippen molar-refractivity contribution in [1.29, 1.82) is 0 Å². The molecular formula is C13H14ClNO. The second kappa shape index (κ2) is 4.62. The fraction of sp³-hybridized carbons (Fsp3) is 0.231. The van der Waals surface area contributed by atoms with E-state index in [1.165, 1.54) is 0 Å². The Labute approximate surface area is 100 Å². The molecule has 0 amide bonds. The summed E-state index contributed by atoms with van der Waals surface area (Å²) in [7, 11) is 0. The number of nitrogens with one attached hydrogen (secondary N) is 1. The molecule has 0 spiro atoms. The number of benzene rings is 1. The molecule has 2 rings (SSSR count). The molecule has 84 valence electrons. The van der Waals surface area contributed by atoms with Crippen molar-refractivity contribution in [2.24, 2.45) is 0 Å². The van der Waals surface area contributed by atoms with Gasteiger partial charge in [-0.15, -0.1) is 0 Å². The molecule has 0 aliphatic carbocycles. The number of para-hydroxylation sites is 1. The molecule has 0 aliphatic heterocycles. The lowest BCUT2D eigenvalue weighted by Crippen LogP contribution is -2.06. The Morgan fingerprint density at radius 2 is 2.00 bits per heavy atom. The van der Waals surface area contributed by atoms with E-state index in [1.807, 2.05) is 37.3 Å². The summed E-state index contributed by atoms with van der Waals surface area (Å²) < 4.78 is 5.43. The van der Waals surface area contributed by atoms with Gasteiger partial charge < -0.3 is 9.73 Å². The van der Waals surface area contributed by atoms with Crippen molar-refractivity contribution in [2.75, 3.05) is 5.32 Å². The molecule has 2 aromatic rings. The molecule has 2 nitrogen and oxygen atoms in total. The number of rotatable bonds is 3. The van der Waals surface area contributed by atoms with E-state index in [2.05, 4.69) is 12.2 Å². The van der Waals surface area contributed by atoms with Gasteiger partial charge in [0.25, 0.3) is 0 Å². The summed E-state index contributed by atoms with van der Waals surface area (Å²) in [6.45, 7) is 4.08. The van der Waals surface area contributed by atoms with Crippen LogP contribution in [0.2, 0.25) is 5.02 Å². The Morgan fingerprint density at radius 1 is 1.25 bits per heavy atom. The third-order valence-electron chi connectivity index (χ3n) is 2.54. The zero-order valence-corrected chi connectivity index (χ0v) is 10.1. The SMILES string of the molecule is Cc1ccoc1C(C)Nc1ccccc1Cl. The highest BCUT2D eigenvalue weighted by atomic mass is 35.5. The quantitative estimate of drug-likeness (QED) is 0.852. The Morgan fingerprint density at radius 3 is 2.62 bits per heavy atom. The number of furan rings is 1. The van der Waals surface area contributed by atoms with Crippen LogP contribution in [0.1, 0.15) is 24.3 Å². The van der Waals surface area contributed by atoms with Crippen LogP contribution in [0.3, 0.4) is 0 Å². The van der Waals surface area contributed by atoms with Crippen molar-refractivity contribution < 1.29 is 4.42 Å². The highest BCUT2D eigenvalue weighted by Gasteiger charge is 2.12. The van der Waals surface area contributed by atoms with Gasteiger partial charge in [0.1, 0.15) is 5.76 Å². The van der Waals surface area contributed by atoms with Crippen molar-refractivity contribution in [3.05, 3.63) is 52.9 Å². The molecule has 0 fully saturated rings. The van der Waals surface area contributed by atoms with Crippen LogP contribution in [0.25, 0.3) is 0 Å². The molecule has 0 radical (unpaired) electrons. The first-order chi connectivity index (χ1) is 7.68. The molecule has 1 atom stereocenters. The Kier molecular flexibility index (Phi) is 3.20. The van der Waals surface area contributed by atoms with E-state index in [0.717, 1.165) is 22.0 Å². The van der Waals surface area contributed by atoms with Crippen LogP contribution in [0, 0.1) is 6.92 Å². The molecule has 1 aromatic carbocycles. The standard InChI is InChI=1S/C13H14ClNO/c1-9-7-8-16-13(9)10(2)15-12-6-4-3-5-11(12)14/h3-8,10,15H,1-2H3. The average molecular weight is 236 g/mol. The van der Waals surface area contributed by atoms with Gasteiger partial charge in [0, 0.05) is 0 Å². The van der Waals surface area contributed by atoms with Crippen LogP contribution < -0.4 is 5.32 Å². The van der Waals surface area contributed by atoms with Gasteiger partial charge >= 0.3 is 0 Å². The van der Waals surface area contributed by atoms with Crippen LogP contribution in [-0.2, 0) is 0 Å². The second-order valence-electron chi connectivity index (χ2n) is 3.81. The molecule has 0 bridgehead atoms. The maximum Gasteiger partial charge on any atom is 0.128 e. The van der Waals surface area contributed by atoms with Crippen molar-refractivity contribution in [3.8, 4) is 0 Å². The van der Waals surface area contributed by atoms with E-state index in [9.17, 15) is 0 Å². The summed E-state index contributed by atoms with van der Waals surface area (Å²) in [5.41, 5.74) is 2.07. The summed E-state index contributed by atoms with van der Waals surface area (Å²) in [6, 6.07) is 9.75. The van der Waals surface area contributed by atoms with Crippen molar-refractivity contribution in [3.63, 3.8) is 0 Å². The van der Waals surface area contributed by atoms with Crippen LogP contribution in [0.4, 0.5) is 5.69 Å². The van der Waals surface area contributed by atoms with E-state index in [1.54, 1.807) is 6.26 Å². The molecule has 1 heterocycles. The first-order valence-electron chi connectivity index (χ1n) is 5.23. The smallest absolute Gasteiger partial charge is 0.128 e. The molecule has 0 saturated carbocycles. The zero-order valence-electron chi connectivity index (χ0n) is 9.33. The van der Waals surface area contributed by atoms with Gasteiger partial charge in [0.15, 0.2) is 0 Å². The van der Waals surface area contributed by atoms with Gasteiger partial charge in [-0.2, -0.15) is 0 Å². The van der Waals surface area contributed by atoms with Crippen molar-refractivity contribution in [2.45, 2.75) is 19.9 Å². The molecule has 0 aliphatic rings. The molecule has 1 aromatic heterocycles. The third kappa shape index (κ3) is 2.22. The van der Waals surface area contributed by atoms with Gasteiger partial charge in [-0.1, -0.05) is 23.7 Å². The minimum Gasteiger partial charge on any atom is -0.467 e. The van der Waals surface area contributed by atoms with Gasteiger partial charge in [-0.05, 0) is 37.6 Å². The van der Waals surface area contributed by atoms with E-state index in [0.29, 0.717) is 0 Å².